The first-order valence-electron chi connectivity index (χ1n) is 13.4. The number of rotatable bonds is 9. The number of ketones is 2. The van der Waals surface area contributed by atoms with E-state index in [9.17, 15) is 9.59 Å². The van der Waals surface area contributed by atoms with Gasteiger partial charge in [-0.05, 0) is 95.6 Å². The van der Waals surface area contributed by atoms with E-state index in [1.807, 2.05) is 82.3 Å². The van der Waals surface area contributed by atoms with Crippen LogP contribution in [0.3, 0.4) is 0 Å². The van der Waals surface area contributed by atoms with Crippen LogP contribution in [0, 0.1) is 6.92 Å². The lowest BCUT2D eigenvalue weighted by atomic mass is 9.90. The first-order chi connectivity index (χ1) is 17.8. The molecule has 1 saturated heterocycles. The predicted molar refractivity (Wildman–Crippen MR) is 150 cm³/mol. The van der Waals surface area contributed by atoms with Crippen LogP contribution < -0.4 is 0 Å². The van der Waals surface area contributed by atoms with Crippen LogP contribution in [0.25, 0.3) is 21.8 Å². The number of hydrogen-bond donors (Lipinski definition) is 0. The standard InChI is InChI=1S/C32H36N2O3/c1-5-37-19-18-34-28-14-12-23(30(35)25-11-7-6-10-22(25)2)20-26(28)27-21-24(13-15-29(27)34)31(36)32(3,4)33-16-8-9-17-33/h6-7,10-15,20-21H,5,8-9,16-19H2,1-4H3. The zero-order valence-electron chi connectivity index (χ0n) is 22.3. The van der Waals surface area contributed by atoms with Crippen LogP contribution in [-0.4, -0.2) is 52.9 Å². The molecule has 0 amide bonds. The normalized spacial score (nSPS) is 14.6. The molecule has 5 heteroatoms. The molecule has 0 spiro atoms. The third-order valence-electron chi connectivity index (χ3n) is 7.89. The first-order valence-corrected chi connectivity index (χ1v) is 13.4. The van der Waals surface area contributed by atoms with Crippen molar-refractivity contribution in [3.8, 4) is 0 Å². The van der Waals surface area contributed by atoms with E-state index in [0.29, 0.717) is 36.4 Å². The summed E-state index contributed by atoms with van der Waals surface area (Å²) in [7, 11) is 0. The molecule has 0 N–H and O–H groups in total. The summed E-state index contributed by atoms with van der Waals surface area (Å²) < 4.78 is 7.90. The second-order valence-corrected chi connectivity index (χ2v) is 10.5. The monoisotopic (exact) mass is 496 g/mol. The maximum atomic E-state index is 13.7. The molecule has 1 fully saturated rings. The Morgan fingerprint density at radius 1 is 0.892 bits per heavy atom. The van der Waals surface area contributed by atoms with Crippen molar-refractivity contribution in [2.45, 2.75) is 52.6 Å². The molecule has 5 nitrogen and oxygen atoms in total. The number of hydrogen-bond acceptors (Lipinski definition) is 4. The second-order valence-electron chi connectivity index (χ2n) is 10.5. The van der Waals surface area contributed by atoms with Gasteiger partial charge in [0.1, 0.15) is 0 Å². The van der Waals surface area contributed by atoms with E-state index >= 15 is 0 Å². The molecule has 2 heterocycles. The molecule has 5 rings (SSSR count). The quantitative estimate of drug-likeness (QED) is 0.198. The van der Waals surface area contributed by atoms with E-state index < -0.39 is 5.54 Å². The van der Waals surface area contributed by atoms with E-state index in [-0.39, 0.29) is 11.6 Å². The number of aromatic nitrogens is 1. The van der Waals surface area contributed by atoms with Gasteiger partial charge in [-0.3, -0.25) is 14.5 Å². The van der Waals surface area contributed by atoms with Crippen molar-refractivity contribution in [3.63, 3.8) is 0 Å². The van der Waals surface area contributed by atoms with Crippen LogP contribution in [-0.2, 0) is 11.3 Å². The topological polar surface area (TPSA) is 51.5 Å². The van der Waals surface area contributed by atoms with Gasteiger partial charge in [-0.2, -0.15) is 0 Å². The van der Waals surface area contributed by atoms with Gasteiger partial charge >= 0.3 is 0 Å². The summed E-state index contributed by atoms with van der Waals surface area (Å²) in [6, 6.07) is 19.7. The summed E-state index contributed by atoms with van der Waals surface area (Å²) in [6.07, 6.45) is 2.28. The van der Waals surface area contributed by atoms with Crippen molar-refractivity contribution in [1.82, 2.24) is 9.47 Å². The zero-order valence-corrected chi connectivity index (χ0v) is 22.3. The second kappa shape index (κ2) is 10.2. The summed E-state index contributed by atoms with van der Waals surface area (Å²) in [6.45, 7) is 11.9. The Bertz CT molecular complexity index is 1470. The van der Waals surface area contributed by atoms with Gasteiger partial charge in [0.15, 0.2) is 11.6 Å². The molecule has 1 aliphatic rings. The molecular weight excluding hydrogens is 460 g/mol. The minimum atomic E-state index is -0.552. The summed E-state index contributed by atoms with van der Waals surface area (Å²) in [5.41, 5.74) is 4.58. The molecule has 1 aliphatic heterocycles. The number of carbonyl (C=O) groups excluding carboxylic acids is 2. The lowest BCUT2D eigenvalue weighted by Crippen LogP contribution is -2.48. The van der Waals surface area contributed by atoms with E-state index in [2.05, 4.69) is 15.5 Å². The largest absolute Gasteiger partial charge is 0.380 e. The SMILES string of the molecule is CCOCCn1c2ccc(C(=O)c3ccccc3C)cc2c2cc(C(=O)C(C)(C)N3CCCC3)ccc21. The number of Topliss-reactive ketones (excluding diaryl/α,β-unsaturated/α-hetero) is 1. The Balaban J connectivity index is 1.63. The highest BCUT2D eigenvalue weighted by Gasteiger charge is 2.36. The van der Waals surface area contributed by atoms with Gasteiger partial charge in [0.05, 0.1) is 12.1 Å². The Morgan fingerprint density at radius 3 is 2.16 bits per heavy atom. The fourth-order valence-corrected chi connectivity index (χ4v) is 5.68. The zero-order chi connectivity index (χ0) is 26.2. The molecule has 0 unspecified atom stereocenters. The fourth-order valence-electron chi connectivity index (χ4n) is 5.68. The van der Waals surface area contributed by atoms with Gasteiger partial charge in [0, 0.05) is 51.6 Å². The van der Waals surface area contributed by atoms with Gasteiger partial charge in [-0.15, -0.1) is 0 Å². The molecule has 192 valence electrons. The molecule has 0 radical (unpaired) electrons. The van der Waals surface area contributed by atoms with Crippen molar-refractivity contribution in [2.75, 3.05) is 26.3 Å². The number of benzene rings is 3. The summed E-state index contributed by atoms with van der Waals surface area (Å²) in [4.78, 5) is 29.5. The van der Waals surface area contributed by atoms with Gasteiger partial charge in [0.25, 0.3) is 0 Å². The molecule has 4 aromatic rings. The summed E-state index contributed by atoms with van der Waals surface area (Å²) >= 11 is 0. The first kappa shape index (κ1) is 25.4. The Hall–Kier alpha value is -3.28. The van der Waals surface area contributed by atoms with E-state index in [0.717, 1.165) is 53.3 Å². The number of nitrogens with zero attached hydrogens (tertiary/aromatic N) is 2. The lowest BCUT2D eigenvalue weighted by Gasteiger charge is -2.34. The van der Waals surface area contributed by atoms with E-state index in [1.54, 1.807) is 0 Å². The highest BCUT2D eigenvalue weighted by molar-refractivity contribution is 6.16. The van der Waals surface area contributed by atoms with Crippen LogP contribution in [0.1, 0.15) is 65.5 Å². The van der Waals surface area contributed by atoms with Gasteiger partial charge in [-0.1, -0.05) is 24.3 Å². The molecule has 0 bridgehead atoms. The average Bonchev–Trinajstić information content (AvgIpc) is 3.56. The lowest BCUT2D eigenvalue weighted by molar-refractivity contribution is 0.0702. The third kappa shape index (κ3) is 4.62. The smallest absolute Gasteiger partial charge is 0.193 e. The number of aryl methyl sites for hydroxylation is 1. The number of ether oxygens (including phenoxy) is 1. The van der Waals surface area contributed by atoms with Crippen LogP contribution in [0.4, 0.5) is 0 Å². The highest BCUT2D eigenvalue weighted by Crippen LogP contribution is 2.33. The maximum Gasteiger partial charge on any atom is 0.193 e. The minimum absolute atomic E-state index is 0.0117. The van der Waals surface area contributed by atoms with Crippen molar-refractivity contribution in [1.29, 1.82) is 0 Å². The molecule has 0 saturated carbocycles. The van der Waals surface area contributed by atoms with Crippen LogP contribution in [0.5, 0.6) is 0 Å². The molecule has 0 atom stereocenters. The fraction of sp³-hybridized carbons (Fsp3) is 0.375. The predicted octanol–water partition coefficient (Wildman–Crippen LogP) is 6.43. The third-order valence-corrected chi connectivity index (χ3v) is 7.89. The summed E-state index contributed by atoms with van der Waals surface area (Å²) in [5, 5.41) is 1.98. The number of carbonyl (C=O) groups is 2. The van der Waals surface area contributed by atoms with Crippen molar-refractivity contribution < 1.29 is 14.3 Å². The molecule has 37 heavy (non-hydrogen) atoms. The highest BCUT2D eigenvalue weighted by atomic mass is 16.5. The Kier molecular flexibility index (Phi) is 7.02. The van der Waals surface area contributed by atoms with E-state index in [4.69, 9.17) is 4.74 Å². The number of fused-ring (bicyclic) bond motifs is 3. The average molecular weight is 497 g/mol. The van der Waals surface area contributed by atoms with E-state index in [1.165, 1.54) is 0 Å². The van der Waals surface area contributed by atoms with Gasteiger partial charge in [-0.25, -0.2) is 0 Å². The molecule has 3 aromatic carbocycles. The van der Waals surface area contributed by atoms with Gasteiger partial charge < -0.3 is 9.30 Å². The molecule has 1 aromatic heterocycles. The summed E-state index contributed by atoms with van der Waals surface area (Å²) in [5.74, 6) is 0.149. The number of likely N-dealkylation sites (tertiary alicyclic amines) is 1. The van der Waals surface area contributed by atoms with Gasteiger partial charge in [0.2, 0.25) is 0 Å². The molecule has 0 aliphatic carbocycles. The minimum Gasteiger partial charge on any atom is -0.380 e. The van der Waals surface area contributed by atoms with Crippen molar-refractivity contribution >= 4 is 33.4 Å². The Morgan fingerprint density at radius 2 is 1.51 bits per heavy atom. The van der Waals surface area contributed by atoms with Crippen molar-refractivity contribution in [3.05, 3.63) is 82.9 Å². The van der Waals surface area contributed by atoms with Crippen molar-refractivity contribution in [2.24, 2.45) is 0 Å². The van der Waals surface area contributed by atoms with Crippen LogP contribution in [0.2, 0.25) is 0 Å². The van der Waals surface area contributed by atoms with Crippen LogP contribution in [0.15, 0.2) is 60.7 Å². The maximum absolute atomic E-state index is 13.7. The Labute approximate surface area is 219 Å². The van der Waals surface area contributed by atoms with Crippen LogP contribution >= 0.6 is 0 Å². The molecular formula is C32H36N2O3.